The third kappa shape index (κ3) is 2.29. The van der Waals surface area contributed by atoms with Gasteiger partial charge in [0.1, 0.15) is 5.82 Å². The molecule has 0 aliphatic heterocycles. The van der Waals surface area contributed by atoms with Crippen molar-refractivity contribution in [2.75, 3.05) is 0 Å². The van der Waals surface area contributed by atoms with E-state index in [1.165, 1.54) is 23.5 Å². The Labute approximate surface area is 114 Å². The predicted molar refractivity (Wildman–Crippen MR) is 78.2 cm³/mol. The van der Waals surface area contributed by atoms with E-state index in [2.05, 4.69) is 0 Å². The van der Waals surface area contributed by atoms with E-state index in [4.69, 9.17) is 0 Å². The topological polar surface area (TPSA) is 17.1 Å². The van der Waals surface area contributed by atoms with Gasteiger partial charge in [0.25, 0.3) is 0 Å². The minimum Gasteiger partial charge on any atom is -0.289 e. The molecule has 1 heterocycles. The van der Waals surface area contributed by atoms with Gasteiger partial charge >= 0.3 is 0 Å². The van der Waals surface area contributed by atoms with Crippen LogP contribution < -0.4 is 5.43 Å². The summed E-state index contributed by atoms with van der Waals surface area (Å²) in [5.41, 5.74) is 2.04. The summed E-state index contributed by atoms with van der Waals surface area (Å²) < 4.78 is 14.0. The predicted octanol–water partition coefficient (Wildman–Crippen LogP) is 4.38. The Balaban J connectivity index is 2.27. The summed E-state index contributed by atoms with van der Waals surface area (Å²) >= 11 is 1.50. The van der Waals surface area contributed by atoms with Crippen LogP contribution in [0.4, 0.5) is 4.39 Å². The molecule has 2 aromatic carbocycles. The Morgan fingerprint density at radius 3 is 2.68 bits per heavy atom. The maximum Gasteiger partial charge on any atom is 0.188 e. The fraction of sp³-hybridized carbons (Fsp3) is 0.0625. The maximum atomic E-state index is 13.2. The normalized spacial score (nSPS) is 10.8. The van der Waals surface area contributed by atoms with Crippen LogP contribution in [0.2, 0.25) is 0 Å². The minimum atomic E-state index is -0.375. The summed E-state index contributed by atoms with van der Waals surface area (Å²) in [4.78, 5) is 13.0. The molecular formula is C16H11FOS. The molecule has 0 radical (unpaired) electrons. The van der Waals surface area contributed by atoms with Crippen molar-refractivity contribution in [2.24, 2.45) is 0 Å². The zero-order valence-corrected chi connectivity index (χ0v) is 11.1. The van der Waals surface area contributed by atoms with Crippen LogP contribution in [0.5, 0.6) is 0 Å². The van der Waals surface area contributed by atoms with E-state index in [-0.39, 0.29) is 11.2 Å². The second-order valence-corrected chi connectivity index (χ2v) is 5.57. The largest absolute Gasteiger partial charge is 0.289 e. The fourth-order valence-corrected chi connectivity index (χ4v) is 3.12. The van der Waals surface area contributed by atoms with E-state index in [1.807, 2.05) is 31.2 Å². The highest BCUT2D eigenvalue weighted by molar-refractivity contribution is 7.21. The van der Waals surface area contributed by atoms with Gasteiger partial charge in [-0.05, 0) is 30.7 Å². The molecule has 0 bridgehead atoms. The van der Waals surface area contributed by atoms with Crippen molar-refractivity contribution >= 4 is 21.4 Å². The zero-order chi connectivity index (χ0) is 13.4. The number of aryl methyl sites for hydroxylation is 1. The molecule has 0 unspecified atom stereocenters. The van der Waals surface area contributed by atoms with Crippen LogP contribution in [0.1, 0.15) is 5.56 Å². The average molecular weight is 270 g/mol. The molecule has 0 saturated heterocycles. The van der Waals surface area contributed by atoms with E-state index in [0.29, 0.717) is 5.39 Å². The molecule has 0 saturated carbocycles. The fourth-order valence-electron chi connectivity index (χ4n) is 2.07. The van der Waals surface area contributed by atoms with Crippen molar-refractivity contribution in [3.63, 3.8) is 0 Å². The summed E-state index contributed by atoms with van der Waals surface area (Å²) in [6.07, 6.45) is 0. The van der Waals surface area contributed by atoms with E-state index >= 15 is 0 Å². The maximum absolute atomic E-state index is 13.2. The van der Waals surface area contributed by atoms with Gasteiger partial charge in [-0.2, -0.15) is 0 Å². The molecule has 3 heteroatoms. The zero-order valence-electron chi connectivity index (χ0n) is 10.3. The van der Waals surface area contributed by atoms with Gasteiger partial charge in [0.2, 0.25) is 0 Å². The molecule has 0 aliphatic rings. The molecular weight excluding hydrogens is 259 g/mol. The number of halogens is 1. The summed E-state index contributed by atoms with van der Waals surface area (Å²) in [6, 6.07) is 13.9. The lowest BCUT2D eigenvalue weighted by Gasteiger charge is -2.04. The van der Waals surface area contributed by atoms with E-state index in [1.54, 1.807) is 12.1 Å². The van der Waals surface area contributed by atoms with E-state index in [0.717, 1.165) is 20.7 Å². The Morgan fingerprint density at radius 1 is 1.05 bits per heavy atom. The van der Waals surface area contributed by atoms with Crippen LogP contribution >= 0.6 is 11.3 Å². The van der Waals surface area contributed by atoms with Crippen molar-refractivity contribution in [1.29, 1.82) is 0 Å². The summed E-state index contributed by atoms with van der Waals surface area (Å²) in [5.74, 6) is -0.375. The molecule has 3 rings (SSSR count). The first-order chi connectivity index (χ1) is 9.13. The van der Waals surface area contributed by atoms with Crippen molar-refractivity contribution in [3.05, 3.63) is 70.1 Å². The monoisotopic (exact) mass is 270 g/mol. The van der Waals surface area contributed by atoms with Crippen molar-refractivity contribution in [1.82, 2.24) is 0 Å². The Bertz CT molecular complexity index is 820. The molecule has 19 heavy (non-hydrogen) atoms. The van der Waals surface area contributed by atoms with Crippen LogP contribution in [-0.4, -0.2) is 0 Å². The molecule has 0 spiro atoms. The van der Waals surface area contributed by atoms with E-state index in [9.17, 15) is 9.18 Å². The first-order valence-corrected chi connectivity index (χ1v) is 6.75. The third-order valence-electron chi connectivity index (χ3n) is 2.99. The highest BCUT2D eigenvalue weighted by Gasteiger charge is 2.06. The molecule has 1 nitrogen and oxygen atoms in total. The molecule has 1 aromatic heterocycles. The smallest absolute Gasteiger partial charge is 0.188 e. The van der Waals surface area contributed by atoms with Crippen LogP contribution in [0.3, 0.4) is 0 Å². The summed E-state index contributed by atoms with van der Waals surface area (Å²) in [7, 11) is 0. The molecule has 0 amide bonds. The highest BCUT2D eigenvalue weighted by atomic mass is 32.1. The molecule has 0 N–H and O–H groups in total. The minimum absolute atomic E-state index is 0.134. The summed E-state index contributed by atoms with van der Waals surface area (Å²) in [5, 5.41) is 0.446. The van der Waals surface area contributed by atoms with Gasteiger partial charge < -0.3 is 0 Å². The van der Waals surface area contributed by atoms with Crippen molar-refractivity contribution in [3.8, 4) is 10.4 Å². The van der Waals surface area contributed by atoms with Crippen LogP contribution in [-0.2, 0) is 0 Å². The Kier molecular flexibility index (Phi) is 2.91. The van der Waals surface area contributed by atoms with Gasteiger partial charge in [-0.3, -0.25) is 4.79 Å². The lowest BCUT2D eigenvalue weighted by molar-refractivity contribution is 0.630. The van der Waals surface area contributed by atoms with Gasteiger partial charge in [-0.1, -0.05) is 29.8 Å². The summed E-state index contributed by atoms with van der Waals surface area (Å²) in [6.45, 7) is 2.02. The lowest BCUT2D eigenvalue weighted by atomic mass is 10.1. The Morgan fingerprint density at radius 2 is 1.89 bits per heavy atom. The molecule has 0 atom stereocenters. The second kappa shape index (κ2) is 4.59. The first-order valence-electron chi connectivity index (χ1n) is 5.94. The van der Waals surface area contributed by atoms with Crippen LogP contribution in [0.15, 0.2) is 53.3 Å². The van der Waals surface area contributed by atoms with Crippen LogP contribution in [0, 0.1) is 12.7 Å². The third-order valence-corrected chi connectivity index (χ3v) is 4.14. The quantitative estimate of drug-likeness (QED) is 0.641. The van der Waals surface area contributed by atoms with Gasteiger partial charge in [0.15, 0.2) is 5.43 Å². The van der Waals surface area contributed by atoms with E-state index < -0.39 is 0 Å². The highest BCUT2D eigenvalue weighted by Crippen LogP contribution is 2.28. The molecule has 0 fully saturated rings. The first kappa shape index (κ1) is 12.1. The number of rotatable bonds is 1. The van der Waals surface area contributed by atoms with Crippen molar-refractivity contribution < 1.29 is 4.39 Å². The van der Waals surface area contributed by atoms with Crippen LogP contribution in [0.25, 0.3) is 20.5 Å². The standard InChI is InChI=1S/C16H11FOS/c1-10-3-2-4-11(7-10)16-9-14(18)13-8-12(17)5-6-15(13)19-16/h2-9H,1H3. The van der Waals surface area contributed by atoms with Gasteiger partial charge in [0, 0.05) is 21.0 Å². The number of hydrogen-bond acceptors (Lipinski definition) is 2. The molecule has 0 aliphatic carbocycles. The average Bonchev–Trinajstić information content (AvgIpc) is 2.39. The van der Waals surface area contributed by atoms with Gasteiger partial charge in [-0.15, -0.1) is 11.3 Å². The van der Waals surface area contributed by atoms with Gasteiger partial charge in [-0.25, -0.2) is 4.39 Å². The lowest BCUT2D eigenvalue weighted by Crippen LogP contribution is -1.99. The molecule has 94 valence electrons. The van der Waals surface area contributed by atoms with Gasteiger partial charge in [0.05, 0.1) is 0 Å². The Hall–Kier alpha value is -2.00. The molecule has 3 aromatic rings. The van der Waals surface area contributed by atoms with Crippen molar-refractivity contribution in [2.45, 2.75) is 6.92 Å². The second-order valence-electron chi connectivity index (χ2n) is 4.48. The number of benzene rings is 2. The number of fused-ring (bicyclic) bond motifs is 1. The SMILES string of the molecule is Cc1cccc(-c2cc(=O)c3cc(F)ccc3s2)c1. The number of hydrogen-bond donors (Lipinski definition) is 0.